The summed E-state index contributed by atoms with van der Waals surface area (Å²) >= 11 is 0. The van der Waals surface area contributed by atoms with Crippen molar-refractivity contribution < 1.29 is 22.4 Å². The molecule has 2 atom stereocenters. The van der Waals surface area contributed by atoms with E-state index in [1.54, 1.807) is 0 Å². The van der Waals surface area contributed by atoms with E-state index in [2.05, 4.69) is 5.32 Å². The van der Waals surface area contributed by atoms with Crippen LogP contribution >= 0.6 is 0 Å². The lowest BCUT2D eigenvalue weighted by molar-refractivity contribution is -0.187. The van der Waals surface area contributed by atoms with E-state index in [1.165, 1.54) is 4.90 Å². The van der Waals surface area contributed by atoms with Crippen LogP contribution in [-0.2, 0) is 4.79 Å². The van der Waals surface area contributed by atoms with Gasteiger partial charge in [0.25, 0.3) is 0 Å². The van der Waals surface area contributed by atoms with Crippen LogP contribution in [0.4, 0.5) is 13.2 Å². The van der Waals surface area contributed by atoms with Gasteiger partial charge in [0, 0.05) is 13.1 Å². The zero-order chi connectivity index (χ0) is 16.3. The second kappa shape index (κ2) is 6.73. The number of nitrogens with zero attached hydrogens (tertiary/aromatic N) is 1. The average molecular weight is 318 g/mol. The third-order valence-electron chi connectivity index (χ3n) is 3.98. The number of hydrogen-bond acceptors (Lipinski definition) is 3. The van der Waals surface area contributed by atoms with E-state index in [-0.39, 0.29) is 31.5 Å². The Morgan fingerprint density at radius 3 is 2.82 bits per heavy atom. The van der Waals surface area contributed by atoms with Gasteiger partial charge >= 0.3 is 6.18 Å². The Kier molecular flexibility index (Phi) is 5.16. The number of furan rings is 1. The van der Waals surface area contributed by atoms with Crippen LogP contribution < -0.4 is 5.32 Å². The van der Waals surface area contributed by atoms with Crippen molar-refractivity contribution in [3.05, 3.63) is 23.7 Å². The number of carbonyl (C=O) groups is 1. The molecule has 1 aliphatic heterocycles. The molecule has 0 aliphatic carbocycles. The maximum atomic E-state index is 12.7. The van der Waals surface area contributed by atoms with E-state index in [9.17, 15) is 18.0 Å². The highest BCUT2D eigenvalue weighted by Crippen LogP contribution is 2.33. The van der Waals surface area contributed by atoms with E-state index in [4.69, 9.17) is 4.42 Å². The highest BCUT2D eigenvalue weighted by Gasteiger charge is 2.42. The van der Waals surface area contributed by atoms with Gasteiger partial charge in [-0.2, -0.15) is 13.2 Å². The highest BCUT2D eigenvalue weighted by molar-refractivity contribution is 5.78. The lowest BCUT2D eigenvalue weighted by atomic mass is 9.97. The quantitative estimate of drug-likeness (QED) is 0.928. The number of alkyl halides is 3. The summed E-state index contributed by atoms with van der Waals surface area (Å²) in [4.78, 5) is 13.4. The lowest BCUT2D eigenvalue weighted by Crippen LogP contribution is -2.47. The first kappa shape index (κ1) is 16.9. The average Bonchev–Trinajstić information content (AvgIpc) is 2.90. The molecule has 1 fully saturated rings. The Balaban J connectivity index is 1.84. The Morgan fingerprint density at radius 1 is 1.50 bits per heavy atom. The number of piperidine rings is 1. The van der Waals surface area contributed by atoms with Gasteiger partial charge in [0.2, 0.25) is 5.91 Å². The summed E-state index contributed by atoms with van der Waals surface area (Å²) < 4.78 is 43.7. The molecule has 124 valence electrons. The van der Waals surface area contributed by atoms with Gasteiger partial charge in [0.15, 0.2) is 0 Å². The Morgan fingerprint density at radius 2 is 2.23 bits per heavy atom. The van der Waals surface area contributed by atoms with Crippen LogP contribution in [0.5, 0.6) is 0 Å². The van der Waals surface area contributed by atoms with E-state index in [1.807, 2.05) is 26.0 Å². The fourth-order valence-corrected chi connectivity index (χ4v) is 2.61. The minimum absolute atomic E-state index is 0.00545. The van der Waals surface area contributed by atoms with E-state index < -0.39 is 12.1 Å². The largest absolute Gasteiger partial charge is 0.465 e. The molecule has 4 nitrogen and oxygen atoms in total. The molecule has 1 saturated heterocycles. The number of carbonyl (C=O) groups excluding carboxylic acids is 1. The van der Waals surface area contributed by atoms with Crippen molar-refractivity contribution in [2.75, 3.05) is 19.6 Å². The topological polar surface area (TPSA) is 45.5 Å². The van der Waals surface area contributed by atoms with Crippen molar-refractivity contribution in [2.24, 2.45) is 5.92 Å². The SMILES string of the molecule is Cc1ccc([C@H](C)NCC(=O)N2CCC[C@H](C(F)(F)F)C2)o1. The standard InChI is InChI=1S/C15H21F3N2O2/c1-10-5-6-13(22-10)11(2)19-8-14(21)20-7-3-4-12(9-20)15(16,17)18/h5-6,11-12,19H,3-4,7-9H2,1-2H3/t11-,12-/m0/s1. The predicted molar refractivity (Wildman–Crippen MR) is 75.2 cm³/mol. The number of halogens is 3. The fraction of sp³-hybridized carbons (Fsp3) is 0.667. The molecular weight excluding hydrogens is 297 g/mol. The van der Waals surface area contributed by atoms with Crippen LogP contribution in [0.25, 0.3) is 0 Å². The van der Waals surface area contributed by atoms with Gasteiger partial charge in [-0.1, -0.05) is 0 Å². The van der Waals surface area contributed by atoms with Crippen LogP contribution in [0, 0.1) is 12.8 Å². The summed E-state index contributed by atoms with van der Waals surface area (Å²) in [5, 5.41) is 3.00. The Hall–Kier alpha value is -1.50. The summed E-state index contributed by atoms with van der Waals surface area (Å²) in [6, 6.07) is 3.48. The first-order valence-corrected chi connectivity index (χ1v) is 7.41. The minimum Gasteiger partial charge on any atom is -0.465 e. The van der Waals surface area contributed by atoms with Crippen LogP contribution in [0.3, 0.4) is 0 Å². The molecule has 1 N–H and O–H groups in total. The zero-order valence-electron chi connectivity index (χ0n) is 12.7. The van der Waals surface area contributed by atoms with Crippen LogP contribution in [0.1, 0.15) is 37.3 Å². The van der Waals surface area contributed by atoms with Gasteiger partial charge in [-0.15, -0.1) is 0 Å². The van der Waals surface area contributed by atoms with Crippen molar-refractivity contribution in [1.29, 1.82) is 0 Å². The molecule has 1 aliphatic rings. The van der Waals surface area contributed by atoms with Crippen molar-refractivity contribution in [1.82, 2.24) is 10.2 Å². The molecule has 1 amide bonds. The molecule has 0 saturated carbocycles. The molecule has 0 aromatic carbocycles. The third kappa shape index (κ3) is 4.25. The highest BCUT2D eigenvalue weighted by atomic mass is 19.4. The number of rotatable bonds is 4. The van der Waals surface area contributed by atoms with Gasteiger partial charge < -0.3 is 9.32 Å². The third-order valence-corrected chi connectivity index (χ3v) is 3.98. The first-order valence-electron chi connectivity index (χ1n) is 7.41. The summed E-state index contributed by atoms with van der Waals surface area (Å²) in [5.41, 5.74) is 0. The molecule has 22 heavy (non-hydrogen) atoms. The predicted octanol–water partition coefficient (Wildman–Crippen LogP) is 3.04. The maximum Gasteiger partial charge on any atom is 0.393 e. The van der Waals surface area contributed by atoms with E-state index >= 15 is 0 Å². The van der Waals surface area contributed by atoms with Crippen molar-refractivity contribution in [3.63, 3.8) is 0 Å². The Bertz CT molecular complexity index is 513. The van der Waals surface area contributed by atoms with Gasteiger partial charge in [-0.25, -0.2) is 0 Å². The smallest absolute Gasteiger partial charge is 0.393 e. The fourth-order valence-electron chi connectivity index (χ4n) is 2.61. The molecule has 0 unspecified atom stereocenters. The molecule has 7 heteroatoms. The lowest BCUT2D eigenvalue weighted by Gasteiger charge is -2.34. The van der Waals surface area contributed by atoms with Crippen LogP contribution in [0.15, 0.2) is 16.5 Å². The molecule has 2 rings (SSSR count). The molecule has 1 aromatic heterocycles. The zero-order valence-corrected chi connectivity index (χ0v) is 12.7. The Labute approximate surface area is 127 Å². The van der Waals surface area contributed by atoms with E-state index in [0.29, 0.717) is 18.7 Å². The number of likely N-dealkylation sites (tertiary alicyclic amines) is 1. The normalized spacial score (nSPS) is 21.0. The summed E-state index contributed by atoms with van der Waals surface area (Å²) in [5.74, 6) is -0.226. The molecule has 2 heterocycles. The van der Waals surface area contributed by atoms with Gasteiger partial charge in [0.1, 0.15) is 11.5 Å². The van der Waals surface area contributed by atoms with Crippen molar-refractivity contribution in [3.8, 4) is 0 Å². The number of hydrogen-bond donors (Lipinski definition) is 1. The monoisotopic (exact) mass is 318 g/mol. The van der Waals surface area contributed by atoms with Crippen LogP contribution in [-0.4, -0.2) is 36.6 Å². The molecule has 0 bridgehead atoms. The second-order valence-corrected chi connectivity index (χ2v) is 5.77. The van der Waals surface area contributed by atoms with Crippen molar-refractivity contribution >= 4 is 5.91 Å². The summed E-state index contributed by atoms with van der Waals surface area (Å²) in [6.45, 7) is 3.83. The first-order chi connectivity index (χ1) is 10.3. The number of amides is 1. The summed E-state index contributed by atoms with van der Waals surface area (Å²) in [7, 11) is 0. The molecule has 0 radical (unpaired) electrons. The molecule has 0 spiro atoms. The second-order valence-electron chi connectivity index (χ2n) is 5.77. The molecule has 1 aromatic rings. The van der Waals surface area contributed by atoms with Crippen LogP contribution in [0.2, 0.25) is 0 Å². The summed E-state index contributed by atoms with van der Waals surface area (Å²) in [6.07, 6.45) is -3.74. The van der Waals surface area contributed by atoms with E-state index in [0.717, 1.165) is 5.76 Å². The van der Waals surface area contributed by atoms with Gasteiger partial charge in [-0.05, 0) is 38.8 Å². The van der Waals surface area contributed by atoms with Gasteiger partial charge in [-0.3, -0.25) is 10.1 Å². The van der Waals surface area contributed by atoms with Gasteiger partial charge in [0.05, 0.1) is 18.5 Å². The number of aryl methyl sites for hydroxylation is 1. The van der Waals surface area contributed by atoms with Crippen molar-refractivity contribution in [2.45, 2.75) is 38.9 Å². The maximum absolute atomic E-state index is 12.7. The number of nitrogens with one attached hydrogen (secondary N) is 1. The minimum atomic E-state index is -4.23. The molecular formula is C15H21F3N2O2.